The summed E-state index contributed by atoms with van der Waals surface area (Å²) in [5.41, 5.74) is 5.93. The molecule has 2 amide bonds. The van der Waals surface area contributed by atoms with Crippen LogP contribution in [0.1, 0.15) is 50.4 Å². The van der Waals surface area contributed by atoms with Crippen molar-refractivity contribution in [2.75, 3.05) is 26.4 Å². The van der Waals surface area contributed by atoms with Crippen LogP contribution in [0.3, 0.4) is 0 Å². The molecule has 4 rings (SSSR count). The van der Waals surface area contributed by atoms with Crippen molar-refractivity contribution in [2.45, 2.75) is 45.6 Å². The lowest BCUT2D eigenvalue weighted by Crippen LogP contribution is -2.49. The number of aliphatic imine (C=N–C) groups is 1. The Morgan fingerprint density at radius 1 is 1.33 bits per heavy atom. The van der Waals surface area contributed by atoms with Gasteiger partial charge in [0.2, 0.25) is 6.79 Å². The van der Waals surface area contributed by atoms with Crippen molar-refractivity contribution in [1.29, 1.82) is 0 Å². The van der Waals surface area contributed by atoms with E-state index in [1.54, 1.807) is 23.1 Å². The molecule has 3 aliphatic heterocycles. The number of nitrogens with two attached hydrogens (primary N) is 1. The summed E-state index contributed by atoms with van der Waals surface area (Å²) in [6.45, 7) is 7.98. The molecule has 8 heteroatoms. The van der Waals surface area contributed by atoms with Crippen LogP contribution in [0.4, 0.5) is 0 Å². The van der Waals surface area contributed by atoms with E-state index < -0.39 is 5.54 Å². The van der Waals surface area contributed by atoms with Gasteiger partial charge < -0.3 is 20.1 Å². The summed E-state index contributed by atoms with van der Waals surface area (Å²) in [4.78, 5) is 34.0. The number of piperidine rings is 1. The largest absolute Gasteiger partial charge is 0.454 e. The predicted molar refractivity (Wildman–Crippen MR) is 112 cm³/mol. The summed E-state index contributed by atoms with van der Waals surface area (Å²) in [6.07, 6.45) is 2.51. The zero-order valence-corrected chi connectivity index (χ0v) is 17.9. The molecule has 30 heavy (non-hydrogen) atoms. The van der Waals surface area contributed by atoms with Gasteiger partial charge >= 0.3 is 0 Å². The molecule has 8 nitrogen and oxygen atoms in total. The molecule has 0 saturated carbocycles. The van der Waals surface area contributed by atoms with Crippen LogP contribution in [0.2, 0.25) is 0 Å². The lowest BCUT2D eigenvalue weighted by Gasteiger charge is -2.35. The highest BCUT2D eigenvalue weighted by molar-refractivity contribution is 6.06. The summed E-state index contributed by atoms with van der Waals surface area (Å²) in [5, 5.41) is 0. The van der Waals surface area contributed by atoms with Gasteiger partial charge in [0.25, 0.3) is 11.8 Å². The van der Waals surface area contributed by atoms with E-state index in [2.05, 4.69) is 18.8 Å². The number of benzene rings is 1. The van der Waals surface area contributed by atoms with Gasteiger partial charge in [-0.1, -0.05) is 13.8 Å². The van der Waals surface area contributed by atoms with E-state index in [4.69, 9.17) is 15.2 Å². The van der Waals surface area contributed by atoms with E-state index in [0.29, 0.717) is 55.0 Å². The molecule has 2 N–H and O–H groups in total. The van der Waals surface area contributed by atoms with Gasteiger partial charge in [-0.05, 0) is 56.2 Å². The van der Waals surface area contributed by atoms with Gasteiger partial charge in [-0.15, -0.1) is 0 Å². The first-order chi connectivity index (χ1) is 14.3. The number of fused-ring (bicyclic) bond motifs is 1. The maximum Gasteiger partial charge on any atom is 0.257 e. The number of nitrogens with zero attached hydrogens (tertiary/aromatic N) is 3. The minimum Gasteiger partial charge on any atom is -0.454 e. The molecule has 162 valence electrons. The number of hydrogen-bond donors (Lipinski definition) is 1. The molecule has 1 fully saturated rings. The zero-order chi connectivity index (χ0) is 21.5. The fraction of sp³-hybridized carbons (Fsp3) is 0.591. The Bertz CT molecular complexity index is 884. The van der Waals surface area contributed by atoms with Crippen molar-refractivity contribution in [3.8, 4) is 11.5 Å². The van der Waals surface area contributed by atoms with Gasteiger partial charge in [0.05, 0.1) is 0 Å². The van der Waals surface area contributed by atoms with Crippen molar-refractivity contribution < 1.29 is 19.1 Å². The maximum atomic E-state index is 13.0. The lowest BCUT2D eigenvalue weighted by atomic mass is 9.90. The summed E-state index contributed by atoms with van der Waals surface area (Å²) >= 11 is 0. The van der Waals surface area contributed by atoms with Crippen molar-refractivity contribution in [1.82, 2.24) is 9.80 Å². The van der Waals surface area contributed by atoms with Gasteiger partial charge in [-0.25, -0.2) is 4.99 Å². The number of guanidine groups is 1. The predicted octanol–water partition coefficient (Wildman–Crippen LogP) is 2.23. The second kappa shape index (κ2) is 7.81. The Labute approximate surface area is 177 Å². The standard InChI is InChI=1S/C22H30N4O4/c1-14(2)10-22(3)20(28)26(21(23)24-22)12-15-5-4-8-25(11-15)19(27)16-6-7-17-18(9-16)30-13-29-17/h6-7,9,14-15H,4-5,8,10-13H2,1-3H3,(H2,23,24). The van der Waals surface area contributed by atoms with Gasteiger partial charge in [-0.3, -0.25) is 14.5 Å². The number of carbonyl (C=O) groups excluding carboxylic acids is 2. The minimum atomic E-state index is -0.783. The van der Waals surface area contributed by atoms with Crippen LogP contribution in [-0.2, 0) is 4.79 Å². The first-order valence-corrected chi connectivity index (χ1v) is 10.6. The van der Waals surface area contributed by atoms with Crippen LogP contribution in [0.15, 0.2) is 23.2 Å². The summed E-state index contributed by atoms with van der Waals surface area (Å²) < 4.78 is 10.7. The molecule has 3 aliphatic rings. The second-order valence-electron chi connectivity index (χ2n) is 9.09. The zero-order valence-electron chi connectivity index (χ0n) is 17.9. The third-order valence-electron chi connectivity index (χ3n) is 6.02. The fourth-order valence-electron chi connectivity index (χ4n) is 4.73. The van der Waals surface area contributed by atoms with Crippen LogP contribution in [0, 0.1) is 11.8 Å². The van der Waals surface area contributed by atoms with E-state index in [1.165, 1.54) is 0 Å². The molecule has 3 heterocycles. The lowest BCUT2D eigenvalue weighted by molar-refractivity contribution is -0.131. The maximum absolute atomic E-state index is 13.0. The van der Waals surface area contributed by atoms with E-state index in [-0.39, 0.29) is 24.5 Å². The van der Waals surface area contributed by atoms with E-state index in [9.17, 15) is 9.59 Å². The van der Waals surface area contributed by atoms with Crippen molar-refractivity contribution in [2.24, 2.45) is 22.6 Å². The molecule has 0 radical (unpaired) electrons. The van der Waals surface area contributed by atoms with E-state index >= 15 is 0 Å². The molecular weight excluding hydrogens is 384 g/mol. The Hall–Kier alpha value is -2.77. The monoisotopic (exact) mass is 414 g/mol. The number of hydrogen-bond acceptors (Lipinski definition) is 6. The van der Waals surface area contributed by atoms with Gasteiger partial charge in [0, 0.05) is 25.2 Å². The summed E-state index contributed by atoms with van der Waals surface area (Å²) in [5.74, 6) is 2.00. The Morgan fingerprint density at radius 2 is 2.10 bits per heavy atom. The normalized spacial score (nSPS) is 25.8. The first-order valence-electron chi connectivity index (χ1n) is 10.6. The van der Waals surface area contributed by atoms with Crippen molar-refractivity contribution in [3.63, 3.8) is 0 Å². The molecule has 1 aromatic rings. The fourth-order valence-corrected chi connectivity index (χ4v) is 4.73. The molecule has 2 unspecified atom stereocenters. The van der Waals surface area contributed by atoms with Gasteiger partial charge in [-0.2, -0.15) is 0 Å². The number of carbonyl (C=O) groups is 2. The quantitative estimate of drug-likeness (QED) is 0.797. The molecular formula is C22H30N4O4. The first kappa shape index (κ1) is 20.5. The van der Waals surface area contributed by atoms with E-state index in [1.807, 2.05) is 11.8 Å². The van der Waals surface area contributed by atoms with Crippen molar-refractivity contribution in [3.05, 3.63) is 23.8 Å². The smallest absolute Gasteiger partial charge is 0.257 e. The highest BCUT2D eigenvalue weighted by atomic mass is 16.7. The van der Waals surface area contributed by atoms with Gasteiger partial charge in [0.15, 0.2) is 17.5 Å². The third kappa shape index (κ3) is 3.82. The Balaban J connectivity index is 1.41. The molecule has 0 aliphatic carbocycles. The average Bonchev–Trinajstić information content (AvgIpc) is 3.25. The summed E-state index contributed by atoms with van der Waals surface area (Å²) in [6, 6.07) is 5.28. The summed E-state index contributed by atoms with van der Waals surface area (Å²) in [7, 11) is 0. The highest BCUT2D eigenvalue weighted by Crippen LogP contribution is 2.34. The van der Waals surface area contributed by atoms with E-state index in [0.717, 1.165) is 12.8 Å². The third-order valence-corrected chi connectivity index (χ3v) is 6.02. The molecule has 0 spiro atoms. The molecule has 1 aromatic carbocycles. The Kier molecular flexibility index (Phi) is 5.34. The van der Waals surface area contributed by atoms with Crippen LogP contribution >= 0.6 is 0 Å². The van der Waals surface area contributed by atoms with Crippen molar-refractivity contribution >= 4 is 17.8 Å². The topological polar surface area (TPSA) is 97.5 Å². The molecule has 0 bridgehead atoms. The van der Waals surface area contributed by atoms with Gasteiger partial charge in [0.1, 0.15) is 5.54 Å². The number of ether oxygens (including phenoxy) is 2. The molecule has 0 aromatic heterocycles. The minimum absolute atomic E-state index is 0.0305. The SMILES string of the molecule is CC(C)CC1(C)N=C(N)N(CC2CCCN(C(=O)c3ccc4c(c3)OCO4)C2)C1=O. The molecule has 2 atom stereocenters. The number of likely N-dealkylation sites (tertiary alicyclic amines) is 1. The Morgan fingerprint density at radius 3 is 2.87 bits per heavy atom. The second-order valence-corrected chi connectivity index (χ2v) is 9.09. The van der Waals surface area contributed by atoms with Crippen LogP contribution < -0.4 is 15.2 Å². The molecule has 1 saturated heterocycles. The number of amides is 2. The van der Waals surface area contributed by atoms with Crippen LogP contribution in [-0.4, -0.2) is 59.5 Å². The number of rotatable bonds is 5. The van der Waals surface area contributed by atoms with Crippen LogP contribution in [0.25, 0.3) is 0 Å². The highest BCUT2D eigenvalue weighted by Gasteiger charge is 2.45. The van der Waals surface area contributed by atoms with Crippen LogP contribution in [0.5, 0.6) is 11.5 Å². The average molecular weight is 415 g/mol.